The fourth-order valence-electron chi connectivity index (χ4n) is 2.19. The molecule has 26 heavy (non-hydrogen) atoms. The van der Waals surface area contributed by atoms with Gasteiger partial charge >= 0.3 is 0 Å². The second kappa shape index (κ2) is 12.5. The van der Waals surface area contributed by atoms with Crippen molar-refractivity contribution in [2.45, 2.75) is 24.7 Å². The molecule has 0 saturated heterocycles. The highest BCUT2D eigenvalue weighted by atomic mass is 79.9. The minimum Gasteiger partial charge on any atom is -0.588 e. The number of nitrogens with zero attached hydrogens (tertiary/aromatic N) is 2. The number of nitrogens with one attached hydrogen (secondary N) is 4. The number of halogens is 1. The third-order valence-electron chi connectivity index (χ3n) is 3.52. The minimum atomic E-state index is -1.36. The van der Waals surface area contributed by atoms with Gasteiger partial charge in [0.2, 0.25) is 5.13 Å². The lowest BCUT2D eigenvalue weighted by molar-refractivity contribution is 0.598. The summed E-state index contributed by atoms with van der Waals surface area (Å²) in [7, 11) is 0. The Kier molecular flexibility index (Phi) is 10.3. The van der Waals surface area contributed by atoms with Gasteiger partial charge in [0.25, 0.3) is 0 Å². The van der Waals surface area contributed by atoms with Gasteiger partial charge in [0.15, 0.2) is 4.90 Å². The van der Waals surface area contributed by atoms with Gasteiger partial charge in [-0.15, -0.1) is 0 Å². The molecule has 1 aromatic heterocycles. The molecule has 0 bridgehead atoms. The van der Waals surface area contributed by atoms with Gasteiger partial charge in [0.05, 0.1) is 0 Å². The monoisotopic (exact) mass is 460 g/mol. The molecule has 10 heteroatoms. The first-order valence-electron chi connectivity index (χ1n) is 8.60. The lowest BCUT2D eigenvalue weighted by atomic mass is 10.2. The summed E-state index contributed by atoms with van der Waals surface area (Å²) in [5.41, 5.74) is 1.00. The Labute approximate surface area is 170 Å². The van der Waals surface area contributed by atoms with Gasteiger partial charge < -0.3 is 20.5 Å². The summed E-state index contributed by atoms with van der Waals surface area (Å²) < 4.78 is 19.9. The van der Waals surface area contributed by atoms with Crippen molar-refractivity contribution in [3.63, 3.8) is 0 Å². The van der Waals surface area contributed by atoms with Gasteiger partial charge in [0.1, 0.15) is 17.7 Å². The molecule has 0 radical (unpaired) electrons. The Balaban J connectivity index is 1.67. The summed E-state index contributed by atoms with van der Waals surface area (Å²) in [5, 5.41) is 10.7. The fourth-order valence-corrected chi connectivity index (χ4v) is 4.27. The van der Waals surface area contributed by atoms with E-state index >= 15 is 0 Å². The van der Waals surface area contributed by atoms with Gasteiger partial charge in [-0.3, -0.25) is 0 Å². The first-order valence-corrected chi connectivity index (χ1v) is 11.3. The molecule has 144 valence electrons. The van der Waals surface area contributed by atoms with Crippen molar-refractivity contribution in [1.29, 1.82) is 0 Å². The van der Waals surface area contributed by atoms with Crippen molar-refractivity contribution in [2.24, 2.45) is 0 Å². The standard InChI is InChI=1S/C16H25BrN6OS2/c1-2-18-9-10-19-7-3-4-8-20-15-6-5-13(11-14(15)17)26(24)23-16-21-12-22-25-16/h5-6,11-12,18-20H,2-4,7-10H2,1H3,(H,21,22,23). The first kappa shape index (κ1) is 21.4. The predicted octanol–water partition coefficient (Wildman–Crippen LogP) is 2.83. The number of benzene rings is 1. The largest absolute Gasteiger partial charge is 0.588 e. The highest BCUT2D eigenvalue weighted by Crippen LogP contribution is 2.27. The van der Waals surface area contributed by atoms with Crippen LogP contribution in [0.3, 0.4) is 0 Å². The summed E-state index contributed by atoms with van der Waals surface area (Å²) in [6.45, 7) is 7.09. The zero-order valence-corrected chi connectivity index (χ0v) is 18.0. The summed E-state index contributed by atoms with van der Waals surface area (Å²) in [6, 6.07) is 5.64. The molecule has 7 nitrogen and oxygen atoms in total. The Hall–Kier alpha value is -0.910. The molecule has 0 amide bonds. The predicted molar refractivity (Wildman–Crippen MR) is 113 cm³/mol. The van der Waals surface area contributed by atoms with Crippen molar-refractivity contribution in [2.75, 3.05) is 42.8 Å². The third kappa shape index (κ3) is 7.77. The van der Waals surface area contributed by atoms with Gasteiger partial charge in [-0.25, -0.2) is 4.98 Å². The quantitative estimate of drug-likeness (QED) is 0.269. The number of likely N-dealkylation sites (N-methyl/N-ethyl adjacent to an activating group) is 1. The highest BCUT2D eigenvalue weighted by Gasteiger charge is 2.15. The van der Waals surface area contributed by atoms with Crippen LogP contribution in [0.4, 0.5) is 10.8 Å². The van der Waals surface area contributed by atoms with Gasteiger partial charge in [-0.1, -0.05) is 6.92 Å². The third-order valence-corrected chi connectivity index (χ3v) is 5.95. The van der Waals surface area contributed by atoms with E-state index in [1.54, 1.807) is 0 Å². The van der Waals surface area contributed by atoms with E-state index in [4.69, 9.17) is 0 Å². The van der Waals surface area contributed by atoms with Crippen molar-refractivity contribution in [1.82, 2.24) is 20.0 Å². The molecule has 0 aliphatic carbocycles. The van der Waals surface area contributed by atoms with Crippen LogP contribution in [0.5, 0.6) is 0 Å². The average molecular weight is 461 g/mol. The van der Waals surface area contributed by atoms with Crippen molar-refractivity contribution in [3.05, 3.63) is 29.0 Å². The molecular weight excluding hydrogens is 436 g/mol. The number of anilines is 2. The topological polar surface area (TPSA) is 97.0 Å². The number of unbranched alkanes of at least 4 members (excludes halogenated alkanes) is 1. The molecule has 1 aromatic carbocycles. The van der Waals surface area contributed by atoms with Crippen LogP contribution in [0.2, 0.25) is 0 Å². The smallest absolute Gasteiger partial charge is 0.245 e. The first-order chi connectivity index (χ1) is 12.7. The lowest BCUT2D eigenvalue weighted by Crippen LogP contribution is -2.27. The zero-order chi connectivity index (χ0) is 18.6. The van der Waals surface area contributed by atoms with E-state index in [0.717, 1.165) is 55.7 Å². The van der Waals surface area contributed by atoms with E-state index in [-0.39, 0.29) is 0 Å². The summed E-state index contributed by atoms with van der Waals surface area (Å²) in [6.07, 6.45) is 3.66. The molecular formula is C16H25BrN6OS2. The van der Waals surface area contributed by atoms with Crippen molar-refractivity contribution in [3.8, 4) is 0 Å². The fraction of sp³-hybridized carbons (Fsp3) is 0.500. The van der Waals surface area contributed by atoms with Gasteiger partial charge in [-0.2, -0.15) is 9.10 Å². The van der Waals surface area contributed by atoms with E-state index in [1.807, 2.05) is 18.2 Å². The van der Waals surface area contributed by atoms with Gasteiger partial charge in [-0.05, 0) is 54.0 Å². The van der Waals surface area contributed by atoms with Crippen LogP contribution in [0.15, 0.2) is 33.9 Å². The summed E-state index contributed by atoms with van der Waals surface area (Å²) in [5.74, 6) is 0. The normalized spacial score (nSPS) is 12.1. The van der Waals surface area contributed by atoms with Crippen LogP contribution in [0, 0.1) is 0 Å². The van der Waals surface area contributed by atoms with Crippen LogP contribution in [0.25, 0.3) is 0 Å². The number of aromatic nitrogens is 2. The molecule has 1 heterocycles. The van der Waals surface area contributed by atoms with Crippen LogP contribution in [0.1, 0.15) is 19.8 Å². The average Bonchev–Trinajstić information content (AvgIpc) is 3.14. The Morgan fingerprint density at radius 1 is 1.15 bits per heavy atom. The van der Waals surface area contributed by atoms with E-state index in [2.05, 4.69) is 52.9 Å². The van der Waals surface area contributed by atoms with Gasteiger partial charge in [0, 0.05) is 47.4 Å². The molecule has 2 rings (SSSR count). The van der Waals surface area contributed by atoms with E-state index in [1.165, 1.54) is 17.9 Å². The van der Waals surface area contributed by atoms with Crippen molar-refractivity contribution >= 4 is 49.6 Å². The molecule has 0 spiro atoms. The van der Waals surface area contributed by atoms with E-state index < -0.39 is 11.4 Å². The number of hydrogen-bond donors (Lipinski definition) is 4. The molecule has 0 aliphatic rings. The molecule has 0 aliphatic heterocycles. The maximum atomic E-state index is 12.3. The maximum Gasteiger partial charge on any atom is 0.245 e. The molecule has 2 aromatic rings. The van der Waals surface area contributed by atoms with E-state index in [9.17, 15) is 4.55 Å². The van der Waals surface area contributed by atoms with E-state index in [0.29, 0.717) is 10.0 Å². The second-order valence-corrected chi connectivity index (χ2v) is 8.34. The Morgan fingerprint density at radius 3 is 2.69 bits per heavy atom. The van der Waals surface area contributed by atoms with Crippen LogP contribution >= 0.6 is 27.5 Å². The number of rotatable bonds is 13. The molecule has 1 atom stereocenters. The highest BCUT2D eigenvalue weighted by molar-refractivity contribution is 9.10. The SMILES string of the molecule is CCNCCNCCCCNc1ccc([S+]([O-])Nc2ncns2)cc1Br. The molecule has 1 unspecified atom stereocenters. The second-order valence-electron chi connectivity index (χ2n) is 5.50. The lowest BCUT2D eigenvalue weighted by Gasteiger charge is -2.12. The maximum absolute atomic E-state index is 12.3. The molecule has 0 fully saturated rings. The molecule has 4 N–H and O–H groups in total. The van der Waals surface area contributed by atoms with Crippen LogP contribution in [-0.2, 0) is 11.4 Å². The zero-order valence-electron chi connectivity index (χ0n) is 14.8. The van der Waals surface area contributed by atoms with Crippen LogP contribution < -0.4 is 20.7 Å². The van der Waals surface area contributed by atoms with Crippen LogP contribution in [-0.4, -0.2) is 46.6 Å². The summed E-state index contributed by atoms with van der Waals surface area (Å²) in [4.78, 5) is 4.66. The van der Waals surface area contributed by atoms with Crippen molar-refractivity contribution < 1.29 is 4.55 Å². The minimum absolute atomic E-state index is 0.542. The summed E-state index contributed by atoms with van der Waals surface area (Å²) >= 11 is 3.36. The Morgan fingerprint density at radius 2 is 1.96 bits per heavy atom. The number of hydrogen-bond acceptors (Lipinski definition) is 8. The molecule has 0 saturated carbocycles. The Bertz CT molecular complexity index is 631.